The fourth-order valence-electron chi connectivity index (χ4n) is 4.09. The maximum Gasteiger partial charge on any atom is 0.310 e. The molecule has 2 aliphatic rings. The van der Waals surface area contributed by atoms with Gasteiger partial charge in [-0.25, -0.2) is 0 Å². The van der Waals surface area contributed by atoms with Gasteiger partial charge in [-0.2, -0.15) is 0 Å². The highest BCUT2D eigenvalue weighted by Crippen LogP contribution is 2.29. The average Bonchev–Trinajstić information content (AvgIpc) is 3.22. The van der Waals surface area contributed by atoms with E-state index in [1.54, 1.807) is 18.2 Å². The van der Waals surface area contributed by atoms with Gasteiger partial charge in [0.2, 0.25) is 11.8 Å². The number of fused-ring (bicyclic) bond motifs is 1. The third kappa shape index (κ3) is 5.26. The van der Waals surface area contributed by atoms with Crippen LogP contribution in [-0.4, -0.2) is 53.1 Å². The number of nitro groups is 1. The number of carbonyl (C=O) groups excluding carboxylic acids is 4. The minimum absolute atomic E-state index is 0.0124. The lowest BCUT2D eigenvalue weighted by Crippen LogP contribution is -2.52. The number of imide groups is 1. The van der Waals surface area contributed by atoms with Crippen LogP contribution in [0.5, 0.6) is 5.75 Å². The summed E-state index contributed by atoms with van der Waals surface area (Å²) in [4.78, 5) is 60.6. The summed E-state index contributed by atoms with van der Waals surface area (Å²) in [5.41, 5.74) is 1.67. The Balaban J connectivity index is 1.39. The Bertz CT molecular complexity index is 1460. The lowest BCUT2D eigenvalue weighted by atomic mass is 10.0. The molecule has 11 heteroatoms. The van der Waals surface area contributed by atoms with Crippen molar-refractivity contribution in [1.82, 2.24) is 15.5 Å². The highest BCUT2D eigenvalue weighted by molar-refractivity contribution is 6.05. The maximum atomic E-state index is 12.9. The van der Waals surface area contributed by atoms with E-state index in [-0.39, 0.29) is 54.7 Å². The molecule has 37 heavy (non-hydrogen) atoms. The largest absolute Gasteiger partial charge is 0.490 e. The molecule has 0 aliphatic carbocycles. The van der Waals surface area contributed by atoms with Gasteiger partial charge in [0.15, 0.2) is 5.75 Å². The number of methoxy groups -OCH3 is 1. The topological polar surface area (TPSA) is 148 Å². The molecule has 2 aliphatic heterocycles. The summed E-state index contributed by atoms with van der Waals surface area (Å²) in [6.45, 7) is 0.189. The van der Waals surface area contributed by atoms with E-state index in [1.807, 2.05) is 0 Å². The van der Waals surface area contributed by atoms with Gasteiger partial charge < -0.3 is 15.0 Å². The lowest BCUT2D eigenvalue weighted by Gasteiger charge is -2.29. The van der Waals surface area contributed by atoms with Crippen LogP contribution in [0.1, 0.15) is 44.7 Å². The van der Waals surface area contributed by atoms with Crippen LogP contribution < -0.4 is 15.4 Å². The molecule has 2 aromatic rings. The predicted octanol–water partition coefficient (Wildman–Crippen LogP) is 1.15. The Hall–Kier alpha value is -5.16. The maximum absolute atomic E-state index is 12.9. The molecule has 2 N–H and O–H groups in total. The first kappa shape index (κ1) is 24.9. The SMILES string of the molecule is COc1cc(C(=O)NCC#CC#Cc2cccc3c2CN(C2CCC(=O)NC2=O)C3=O)ccc1[N+](=O)[O-]. The lowest BCUT2D eigenvalue weighted by molar-refractivity contribution is -0.385. The summed E-state index contributed by atoms with van der Waals surface area (Å²) in [6.07, 6.45) is 0.447. The summed E-state index contributed by atoms with van der Waals surface area (Å²) in [7, 11) is 1.28. The number of benzene rings is 2. The van der Waals surface area contributed by atoms with Gasteiger partial charge in [0.05, 0.1) is 18.6 Å². The van der Waals surface area contributed by atoms with Gasteiger partial charge in [-0.1, -0.05) is 17.9 Å². The van der Waals surface area contributed by atoms with E-state index in [1.165, 1.54) is 30.2 Å². The number of hydrogen-bond donors (Lipinski definition) is 2. The second-order valence-corrected chi connectivity index (χ2v) is 8.11. The second-order valence-electron chi connectivity index (χ2n) is 8.11. The molecule has 1 fully saturated rings. The molecular formula is C26H20N4O7. The van der Waals surface area contributed by atoms with E-state index in [0.29, 0.717) is 16.7 Å². The standard InChI is InChI=1S/C26H20N4O7/c1-37-22-14-17(9-10-20(22)30(35)36)24(32)27-13-4-2-3-6-16-7-5-8-18-19(16)15-29(26(18)34)21-11-12-23(31)28-25(21)33/h5,7-10,14,21H,11-13,15H2,1H3,(H,27,32)(H,28,31,33). The Morgan fingerprint density at radius 2 is 2.05 bits per heavy atom. The van der Waals surface area contributed by atoms with E-state index in [4.69, 9.17) is 4.74 Å². The molecule has 4 rings (SSSR count). The van der Waals surface area contributed by atoms with Crippen LogP contribution >= 0.6 is 0 Å². The van der Waals surface area contributed by atoms with Crippen LogP contribution in [0.3, 0.4) is 0 Å². The fraction of sp³-hybridized carbons (Fsp3) is 0.231. The third-order valence-corrected chi connectivity index (χ3v) is 5.91. The summed E-state index contributed by atoms with van der Waals surface area (Å²) < 4.78 is 4.96. The molecule has 1 unspecified atom stereocenters. The van der Waals surface area contributed by atoms with Gasteiger partial charge >= 0.3 is 5.69 Å². The van der Waals surface area contributed by atoms with Crippen molar-refractivity contribution in [2.24, 2.45) is 0 Å². The van der Waals surface area contributed by atoms with E-state index in [9.17, 15) is 29.3 Å². The van der Waals surface area contributed by atoms with Crippen molar-refractivity contribution in [3.8, 4) is 29.4 Å². The summed E-state index contributed by atoms with van der Waals surface area (Å²) >= 11 is 0. The Morgan fingerprint density at radius 1 is 1.24 bits per heavy atom. The van der Waals surface area contributed by atoms with E-state index in [2.05, 4.69) is 34.3 Å². The van der Waals surface area contributed by atoms with Crippen molar-refractivity contribution in [3.63, 3.8) is 0 Å². The minimum atomic E-state index is -0.711. The van der Waals surface area contributed by atoms with E-state index in [0.717, 1.165) is 0 Å². The number of amides is 4. The number of nitrogens with zero attached hydrogens (tertiary/aromatic N) is 2. The minimum Gasteiger partial charge on any atom is -0.490 e. The van der Waals surface area contributed by atoms with Gasteiger partial charge in [-0.3, -0.25) is 34.6 Å². The van der Waals surface area contributed by atoms with Crippen molar-refractivity contribution in [1.29, 1.82) is 0 Å². The van der Waals surface area contributed by atoms with Crippen LogP contribution in [0, 0.1) is 33.8 Å². The first-order valence-corrected chi connectivity index (χ1v) is 11.2. The van der Waals surface area contributed by atoms with Crippen molar-refractivity contribution >= 4 is 29.3 Å². The highest BCUT2D eigenvalue weighted by Gasteiger charge is 2.39. The molecule has 2 heterocycles. The molecule has 0 spiro atoms. The zero-order valence-electron chi connectivity index (χ0n) is 19.6. The highest BCUT2D eigenvalue weighted by atomic mass is 16.6. The Morgan fingerprint density at radius 3 is 2.78 bits per heavy atom. The molecular weight excluding hydrogens is 480 g/mol. The van der Waals surface area contributed by atoms with Crippen molar-refractivity contribution in [3.05, 3.63) is 68.8 Å². The van der Waals surface area contributed by atoms with Crippen LogP contribution in [0.2, 0.25) is 0 Å². The first-order chi connectivity index (χ1) is 17.8. The number of ether oxygens (including phenoxy) is 1. The third-order valence-electron chi connectivity index (χ3n) is 5.91. The fourth-order valence-corrected chi connectivity index (χ4v) is 4.09. The monoisotopic (exact) mass is 500 g/mol. The number of carbonyl (C=O) groups is 4. The predicted molar refractivity (Wildman–Crippen MR) is 129 cm³/mol. The summed E-state index contributed by atoms with van der Waals surface area (Å²) in [5.74, 6) is 9.32. The van der Waals surface area contributed by atoms with Gasteiger partial charge in [0.1, 0.15) is 6.04 Å². The summed E-state index contributed by atoms with van der Waals surface area (Å²) in [5, 5.41) is 15.8. The molecule has 2 aromatic carbocycles. The number of nitrogens with one attached hydrogen (secondary N) is 2. The normalized spacial score (nSPS) is 16.0. The zero-order valence-corrected chi connectivity index (χ0v) is 19.6. The Kier molecular flexibility index (Phi) is 7.16. The summed E-state index contributed by atoms with van der Waals surface area (Å²) in [6, 6.07) is 8.18. The number of rotatable bonds is 5. The number of piperidine rings is 1. The Labute approximate surface area is 211 Å². The molecule has 1 atom stereocenters. The molecule has 186 valence electrons. The van der Waals surface area contributed by atoms with Gasteiger partial charge in [-0.15, -0.1) is 0 Å². The molecule has 11 nitrogen and oxygen atoms in total. The zero-order chi connectivity index (χ0) is 26.5. The van der Waals surface area contributed by atoms with Crippen LogP contribution in [0.15, 0.2) is 36.4 Å². The second kappa shape index (κ2) is 10.6. The average molecular weight is 500 g/mol. The van der Waals surface area contributed by atoms with Crippen molar-refractivity contribution in [2.75, 3.05) is 13.7 Å². The van der Waals surface area contributed by atoms with Gasteiger partial charge in [0, 0.05) is 41.8 Å². The smallest absolute Gasteiger partial charge is 0.310 e. The molecule has 1 saturated heterocycles. The first-order valence-electron chi connectivity index (χ1n) is 11.2. The molecule has 0 bridgehead atoms. The quantitative estimate of drug-likeness (QED) is 0.271. The van der Waals surface area contributed by atoms with Crippen LogP contribution in [0.4, 0.5) is 5.69 Å². The van der Waals surface area contributed by atoms with Gasteiger partial charge in [0.25, 0.3) is 11.8 Å². The van der Waals surface area contributed by atoms with E-state index >= 15 is 0 Å². The molecule has 4 amide bonds. The molecule has 0 saturated carbocycles. The van der Waals surface area contributed by atoms with Crippen molar-refractivity contribution in [2.45, 2.75) is 25.4 Å². The van der Waals surface area contributed by atoms with Crippen LogP contribution in [0.25, 0.3) is 0 Å². The number of nitro benzene ring substituents is 1. The molecule has 0 aromatic heterocycles. The number of hydrogen-bond acceptors (Lipinski definition) is 7. The molecule has 0 radical (unpaired) electrons. The van der Waals surface area contributed by atoms with Crippen molar-refractivity contribution < 1.29 is 28.8 Å². The van der Waals surface area contributed by atoms with E-state index < -0.39 is 22.8 Å². The van der Waals surface area contributed by atoms with Crippen LogP contribution in [-0.2, 0) is 16.1 Å². The van der Waals surface area contributed by atoms with Gasteiger partial charge in [-0.05, 0) is 42.0 Å².